The highest BCUT2D eigenvalue weighted by Gasteiger charge is 2.09. The zero-order valence-electron chi connectivity index (χ0n) is 8.11. The molecule has 1 unspecified atom stereocenters. The first-order valence-corrected chi connectivity index (χ1v) is 6.96. The summed E-state index contributed by atoms with van der Waals surface area (Å²) < 4.78 is 1.07. The summed E-state index contributed by atoms with van der Waals surface area (Å²) in [7, 11) is 0. The van der Waals surface area contributed by atoms with E-state index in [1.807, 2.05) is 17.9 Å². The van der Waals surface area contributed by atoms with Gasteiger partial charge in [-0.2, -0.15) is 0 Å². The van der Waals surface area contributed by atoms with Gasteiger partial charge in [0.1, 0.15) is 5.01 Å². The molecule has 2 aromatic heterocycles. The lowest BCUT2D eigenvalue weighted by Crippen LogP contribution is -2.17. The van der Waals surface area contributed by atoms with Crippen molar-refractivity contribution < 1.29 is 0 Å². The topological polar surface area (TPSA) is 37.8 Å². The molecule has 0 aliphatic rings. The predicted molar refractivity (Wildman–Crippen MR) is 67.2 cm³/mol. The molecule has 0 radical (unpaired) electrons. The third-order valence-electron chi connectivity index (χ3n) is 1.93. The van der Waals surface area contributed by atoms with Gasteiger partial charge in [-0.05, 0) is 22.9 Å². The van der Waals surface area contributed by atoms with E-state index in [9.17, 15) is 0 Å². The monoisotopic (exact) mass is 303 g/mol. The Kier molecular flexibility index (Phi) is 3.85. The van der Waals surface area contributed by atoms with Crippen LogP contribution in [0.3, 0.4) is 0 Å². The molecule has 1 atom stereocenters. The van der Waals surface area contributed by atoms with Gasteiger partial charge in [0, 0.05) is 17.6 Å². The molecule has 0 saturated carbocycles. The van der Waals surface area contributed by atoms with Crippen molar-refractivity contribution in [2.45, 2.75) is 19.5 Å². The van der Waals surface area contributed by atoms with E-state index in [-0.39, 0.29) is 6.04 Å². The van der Waals surface area contributed by atoms with Crippen molar-refractivity contribution in [1.29, 1.82) is 0 Å². The first-order valence-electron chi connectivity index (χ1n) is 4.47. The third-order valence-corrected chi connectivity index (χ3v) is 4.37. The Labute approximate surface area is 105 Å². The van der Waals surface area contributed by atoms with Gasteiger partial charge in [-0.25, -0.2) is 4.98 Å². The van der Waals surface area contributed by atoms with Gasteiger partial charge in [-0.3, -0.25) is 4.98 Å². The first-order chi connectivity index (χ1) is 7.25. The Morgan fingerprint density at radius 3 is 3.00 bits per heavy atom. The lowest BCUT2D eigenvalue weighted by molar-refractivity contribution is 0.575. The van der Waals surface area contributed by atoms with Gasteiger partial charge in [0.05, 0.1) is 21.5 Å². The second-order valence-electron chi connectivity index (χ2n) is 3.07. The van der Waals surface area contributed by atoms with E-state index < -0.39 is 0 Å². The van der Waals surface area contributed by atoms with Crippen molar-refractivity contribution in [2.75, 3.05) is 0 Å². The molecule has 0 aromatic carbocycles. The lowest BCUT2D eigenvalue weighted by Gasteiger charge is -2.09. The van der Waals surface area contributed by atoms with E-state index in [4.69, 9.17) is 0 Å². The van der Waals surface area contributed by atoms with Crippen molar-refractivity contribution in [3.63, 3.8) is 0 Å². The van der Waals surface area contributed by atoms with Crippen LogP contribution in [0.5, 0.6) is 0 Å². The van der Waals surface area contributed by atoms with Crippen LogP contribution in [-0.4, -0.2) is 9.97 Å². The molecule has 0 aliphatic carbocycles. The highest BCUT2D eigenvalue weighted by atomic mass is 79.9. The van der Waals surface area contributed by atoms with Crippen molar-refractivity contribution in [3.05, 3.63) is 31.6 Å². The van der Waals surface area contributed by atoms with E-state index >= 15 is 0 Å². The molecule has 6 heteroatoms. The van der Waals surface area contributed by atoms with E-state index in [0.29, 0.717) is 0 Å². The summed E-state index contributed by atoms with van der Waals surface area (Å²) in [6.07, 6.45) is 3.73. The molecule has 1 N–H and O–H groups in total. The molecule has 3 nitrogen and oxygen atoms in total. The van der Waals surface area contributed by atoms with Crippen LogP contribution in [-0.2, 0) is 6.54 Å². The van der Waals surface area contributed by atoms with Crippen LogP contribution in [0.25, 0.3) is 0 Å². The van der Waals surface area contributed by atoms with Crippen LogP contribution < -0.4 is 5.32 Å². The zero-order chi connectivity index (χ0) is 10.7. The molecule has 80 valence electrons. The molecular formula is C9H10BrN3S2. The summed E-state index contributed by atoms with van der Waals surface area (Å²) >= 11 is 6.74. The Morgan fingerprint density at radius 2 is 2.40 bits per heavy atom. The van der Waals surface area contributed by atoms with Gasteiger partial charge in [-0.1, -0.05) is 0 Å². The fourth-order valence-electron chi connectivity index (χ4n) is 1.14. The maximum Gasteiger partial charge on any atom is 0.110 e. The summed E-state index contributed by atoms with van der Waals surface area (Å²) in [5, 5.41) is 4.52. The smallest absolute Gasteiger partial charge is 0.110 e. The van der Waals surface area contributed by atoms with Crippen LogP contribution >= 0.6 is 38.6 Å². The van der Waals surface area contributed by atoms with Crippen molar-refractivity contribution in [1.82, 2.24) is 15.3 Å². The minimum absolute atomic E-state index is 0.281. The zero-order valence-corrected chi connectivity index (χ0v) is 11.3. The molecule has 2 heterocycles. The van der Waals surface area contributed by atoms with E-state index in [1.165, 1.54) is 4.88 Å². The molecule has 0 fully saturated rings. The Hall–Kier alpha value is -0.300. The maximum absolute atomic E-state index is 4.31. The van der Waals surface area contributed by atoms with E-state index in [2.05, 4.69) is 38.1 Å². The molecule has 0 spiro atoms. The first kappa shape index (κ1) is 11.2. The average molecular weight is 304 g/mol. The number of halogens is 1. The van der Waals surface area contributed by atoms with Crippen LogP contribution in [0, 0.1) is 0 Å². The third kappa shape index (κ3) is 3.07. The van der Waals surface area contributed by atoms with Gasteiger partial charge >= 0.3 is 0 Å². The molecular weight excluding hydrogens is 294 g/mol. The van der Waals surface area contributed by atoms with Crippen LogP contribution in [0.4, 0.5) is 0 Å². The minimum Gasteiger partial charge on any atom is -0.303 e. The molecule has 0 aliphatic heterocycles. The summed E-state index contributed by atoms with van der Waals surface area (Å²) in [4.78, 5) is 9.60. The van der Waals surface area contributed by atoms with Crippen molar-refractivity contribution in [2.24, 2.45) is 0 Å². The predicted octanol–water partition coefficient (Wildman–Crippen LogP) is 3.21. The number of nitrogens with one attached hydrogen (secondary N) is 1. The molecule has 2 aromatic rings. The summed E-state index contributed by atoms with van der Waals surface area (Å²) in [5.41, 5.74) is 1.85. The Morgan fingerprint density at radius 1 is 1.53 bits per heavy atom. The molecule has 0 bridgehead atoms. The molecule has 15 heavy (non-hydrogen) atoms. The fraction of sp³-hybridized carbons (Fsp3) is 0.333. The number of thiazole rings is 2. The normalized spacial score (nSPS) is 12.9. The molecule has 0 amide bonds. The Balaban J connectivity index is 1.90. The van der Waals surface area contributed by atoms with E-state index in [1.54, 1.807) is 22.7 Å². The number of rotatable bonds is 4. The quantitative estimate of drug-likeness (QED) is 0.942. The van der Waals surface area contributed by atoms with Gasteiger partial charge in [-0.15, -0.1) is 22.7 Å². The highest BCUT2D eigenvalue weighted by Crippen LogP contribution is 2.24. The van der Waals surface area contributed by atoms with Crippen LogP contribution in [0.15, 0.2) is 21.7 Å². The second kappa shape index (κ2) is 5.16. The maximum atomic E-state index is 4.31. The molecule has 2 rings (SSSR count). The van der Waals surface area contributed by atoms with Gasteiger partial charge in [0.2, 0.25) is 0 Å². The Bertz CT molecular complexity index is 413. The van der Waals surface area contributed by atoms with Crippen molar-refractivity contribution in [3.8, 4) is 0 Å². The SMILES string of the molecule is CC(NCc1cncs1)c1ncc(Br)s1. The van der Waals surface area contributed by atoms with Crippen LogP contribution in [0.1, 0.15) is 22.9 Å². The number of aromatic nitrogens is 2. The van der Waals surface area contributed by atoms with Gasteiger partial charge in [0.15, 0.2) is 0 Å². The van der Waals surface area contributed by atoms with Gasteiger partial charge in [0.25, 0.3) is 0 Å². The second-order valence-corrected chi connectivity index (χ2v) is 6.49. The summed E-state index contributed by atoms with van der Waals surface area (Å²) in [6.45, 7) is 2.97. The summed E-state index contributed by atoms with van der Waals surface area (Å²) in [5.74, 6) is 0. The lowest BCUT2D eigenvalue weighted by atomic mass is 10.3. The number of hydrogen-bond acceptors (Lipinski definition) is 5. The minimum atomic E-state index is 0.281. The number of nitrogens with zero attached hydrogens (tertiary/aromatic N) is 2. The van der Waals surface area contributed by atoms with Crippen LogP contribution in [0.2, 0.25) is 0 Å². The number of hydrogen-bond donors (Lipinski definition) is 1. The largest absolute Gasteiger partial charge is 0.303 e. The standard InChI is InChI=1S/C9H10BrN3S2/c1-6(9-13-4-8(10)15-9)12-3-7-2-11-5-14-7/h2,4-6,12H,3H2,1H3. The average Bonchev–Trinajstić information content (AvgIpc) is 2.84. The fourth-order valence-corrected chi connectivity index (χ4v) is 2.95. The molecule has 0 saturated heterocycles. The van der Waals surface area contributed by atoms with Gasteiger partial charge < -0.3 is 5.32 Å². The highest BCUT2D eigenvalue weighted by molar-refractivity contribution is 9.11. The van der Waals surface area contributed by atoms with E-state index in [0.717, 1.165) is 15.3 Å². The van der Waals surface area contributed by atoms with Crippen molar-refractivity contribution >= 4 is 38.6 Å². The summed E-state index contributed by atoms with van der Waals surface area (Å²) in [6, 6.07) is 0.281.